The molecule has 3 rings (SSSR count). The summed E-state index contributed by atoms with van der Waals surface area (Å²) in [5.41, 5.74) is -1.50. The molecule has 3 aliphatic heterocycles. The van der Waals surface area contributed by atoms with Gasteiger partial charge in [0.2, 0.25) is 0 Å². The molecule has 3 aliphatic rings. The zero-order valence-electron chi connectivity index (χ0n) is 36.1. The lowest BCUT2D eigenvalue weighted by atomic mass is 9.82. The Morgan fingerprint density at radius 2 is 1.71 bits per heavy atom. The fourth-order valence-corrected chi connectivity index (χ4v) is 8.08. The molecule has 0 aromatic carbocycles. The summed E-state index contributed by atoms with van der Waals surface area (Å²) in [5.74, 6) is -2.82. The van der Waals surface area contributed by atoms with Crippen LogP contribution in [0.5, 0.6) is 0 Å². The summed E-state index contributed by atoms with van der Waals surface area (Å²) in [6, 6.07) is -0.782. The van der Waals surface area contributed by atoms with Crippen LogP contribution in [0, 0.1) is 17.8 Å². The molecule has 16 nitrogen and oxygen atoms in total. The Hall–Kier alpha value is -2.80. The van der Waals surface area contributed by atoms with Crippen molar-refractivity contribution in [2.75, 3.05) is 21.2 Å². The number of aliphatic hydroxyl groups is 3. The van der Waals surface area contributed by atoms with Crippen molar-refractivity contribution in [1.82, 2.24) is 4.90 Å². The van der Waals surface area contributed by atoms with Crippen LogP contribution in [0.2, 0.25) is 0 Å². The highest BCUT2D eigenvalue weighted by molar-refractivity contribution is 5.72. The van der Waals surface area contributed by atoms with E-state index in [1.807, 2.05) is 20.8 Å². The molecule has 0 spiro atoms. The van der Waals surface area contributed by atoms with E-state index in [2.05, 4.69) is 0 Å². The monoisotopic (exact) mass is 827 g/mol. The summed E-state index contributed by atoms with van der Waals surface area (Å²) in [4.78, 5) is 52.3. The largest absolute Gasteiger partial charge is 0.462 e. The van der Waals surface area contributed by atoms with Gasteiger partial charge >= 0.3 is 17.9 Å². The number of likely N-dealkylation sites (N-methyl/N-ethyl adjacent to an activating group) is 1. The van der Waals surface area contributed by atoms with E-state index in [-0.39, 0.29) is 31.6 Å². The van der Waals surface area contributed by atoms with Gasteiger partial charge in [0.05, 0.1) is 36.9 Å². The van der Waals surface area contributed by atoms with Gasteiger partial charge in [0.25, 0.3) is 0 Å². The number of nitrogens with zero attached hydrogens (tertiary/aromatic N) is 1. The van der Waals surface area contributed by atoms with Crippen LogP contribution in [0.4, 0.5) is 0 Å². The molecule has 0 saturated carbocycles. The van der Waals surface area contributed by atoms with Crippen LogP contribution < -0.4 is 0 Å². The van der Waals surface area contributed by atoms with Crippen LogP contribution in [-0.4, -0.2) is 151 Å². The van der Waals surface area contributed by atoms with Gasteiger partial charge in [0, 0.05) is 39.7 Å². The number of hydrogen-bond acceptors (Lipinski definition) is 16. The summed E-state index contributed by atoms with van der Waals surface area (Å²) in [6.07, 6.45) is -4.11. The molecule has 2 saturated heterocycles. The van der Waals surface area contributed by atoms with Gasteiger partial charge in [-0.05, 0) is 66.0 Å². The number of allylic oxidation sites excluding steroid dienone is 2. The van der Waals surface area contributed by atoms with Crippen LogP contribution >= 0.6 is 0 Å². The average Bonchev–Trinajstić information content (AvgIpc) is 3.09. The van der Waals surface area contributed by atoms with Crippen molar-refractivity contribution in [3.05, 3.63) is 24.3 Å². The van der Waals surface area contributed by atoms with Gasteiger partial charge in [0.1, 0.15) is 42.4 Å². The standard InChI is InChI=1S/C42H69NO15/c1-23(2)19-32(47)56-40-27(6)53-34(22-42(40,8)50)57-37-26(5)54-41(36(49)35(37)43(9)10)58-38-29(17-18-44)20-24(3)30(46)16-14-12-13-15-25(4)52-33(48)21-31(39(38)51-11)55-28(7)45/h12-14,16,18,23-27,29-31,34-41,46,49-50H,15,17,19-22H2,1-11H3/b13-12-,16-14-/t24-,25-,26-,27+,29+,30+,31-,34+,35-,36-,37-,38+,39+,40+,41+,42-/m1/s1. The lowest BCUT2D eigenvalue weighted by molar-refractivity contribution is -0.344. The molecule has 0 amide bonds. The number of methoxy groups -OCH3 is 1. The normalized spacial score (nSPS) is 40.7. The van der Waals surface area contributed by atoms with Gasteiger partial charge in [-0.2, -0.15) is 0 Å². The number of rotatable bonds is 12. The van der Waals surface area contributed by atoms with E-state index in [9.17, 15) is 34.5 Å². The SMILES string of the molecule is CO[C@@H]1[C@@H](O[C@@H]2O[C@H](C)[C@@H](O[C@H]3C[C@@](C)(O)[C@@H](OC(=O)CC(C)C)[C@H](C)O3)[C@H](N(C)C)[C@H]2O)[C@@H](CC=O)C[C@@H](C)[C@@H](O)/C=C\C=C/C[C@@H](C)OC(=O)C[C@H]1OC(C)=O. The first-order valence-corrected chi connectivity index (χ1v) is 20.4. The molecule has 0 aliphatic carbocycles. The third kappa shape index (κ3) is 14.2. The smallest absolute Gasteiger partial charge is 0.309 e. The number of aliphatic hydroxyl groups excluding tert-OH is 2. The summed E-state index contributed by atoms with van der Waals surface area (Å²) in [7, 11) is 4.86. The lowest BCUT2D eigenvalue weighted by Gasteiger charge is -2.50. The zero-order valence-corrected chi connectivity index (χ0v) is 36.1. The molecule has 16 heteroatoms. The predicted octanol–water partition coefficient (Wildman–Crippen LogP) is 3.01. The Balaban J connectivity index is 1.98. The molecule has 0 unspecified atom stereocenters. The molecular formula is C42H69NO15. The van der Waals surface area contributed by atoms with Crippen LogP contribution in [-0.2, 0) is 57.1 Å². The van der Waals surface area contributed by atoms with E-state index in [1.54, 1.807) is 71.0 Å². The second-order valence-electron chi connectivity index (χ2n) is 17.0. The molecular weight excluding hydrogens is 758 g/mol. The van der Waals surface area contributed by atoms with Crippen molar-refractivity contribution in [1.29, 1.82) is 0 Å². The van der Waals surface area contributed by atoms with E-state index in [0.717, 1.165) is 0 Å². The Bertz CT molecular complexity index is 1390. The van der Waals surface area contributed by atoms with Crippen molar-refractivity contribution in [3.63, 3.8) is 0 Å². The lowest BCUT2D eigenvalue weighted by Crippen LogP contribution is -2.66. The number of carbonyl (C=O) groups excluding carboxylic acids is 4. The molecule has 58 heavy (non-hydrogen) atoms. The topological polar surface area (TPSA) is 206 Å². The Morgan fingerprint density at radius 1 is 1.02 bits per heavy atom. The maximum absolute atomic E-state index is 13.2. The van der Waals surface area contributed by atoms with Gasteiger partial charge in [-0.1, -0.05) is 45.1 Å². The van der Waals surface area contributed by atoms with E-state index >= 15 is 0 Å². The summed E-state index contributed by atoms with van der Waals surface area (Å²) in [5, 5.41) is 34.6. The van der Waals surface area contributed by atoms with Gasteiger partial charge in [0.15, 0.2) is 18.7 Å². The molecule has 2 fully saturated rings. The molecule has 0 aromatic rings. The maximum atomic E-state index is 13.2. The second-order valence-corrected chi connectivity index (χ2v) is 17.0. The molecule has 332 valence electrons. The quantitative estimate of drug-likeness (QED) is 0.147. The van der Waals surface area contributed by atoms with Crippen molar-refractivity contribution >= 4 is 24.2 Å². The zero-order chi connectivity index (χ0) is 43.5. The first-order valence-electron chi connectivity index (χ1n) is 20.4. The van der Waals surface area contributed by atoms with E-state index in [0.29, 0.717) is 12.7 Å². The fourth-order valence-electron chi connectivity index (χ4n) is 8.08. The molecule has 0 bridgehead atoms. The Kier molecular flexibility index (Phi) is 19.4. The third-order valence-corrected chi connectivity index (χ3v) is 10.9. The van der Waals surface area contributed by atoms with Gasteiger partial charge < -0.3 is 62.9 Å². The summed E-state index contributed by atoms with van der Waals surface area (Å²) < 4.78 is 48.6. The molecule has 3 heterocycles. The van der Waals surface area contributed by atoms with Crippen molar-refractivity contribution < 1.29 is 72.4 Å². The molecule has 16 atom stereocenters. The van der Waals surface area contributed by atoms with Crippen molar-refractivity contribution in [2.45, 2.75) is 179 Å². The van der Waals surface area contributed by atoms with Crippen LogP contribution in [0.1, 0.15) is 93.9 Å². The van der Waals surface area contributed by atoms with E-state index in [1.165, 1.54) is 14.0 Å². The number of aldehydes is 1. The summed E-state index contributed by atoms with van der Waals surface area (Å²) >= 11 is 0. The number of hydrogen-bond donors (Lipinski definition) is 3. The molecule has 3 N–H and O–H groups in total. The molecule has 0 radical (unpaired) electrons. The number of esters is 3. The average molecular weight is 828 g/mol. The predicted molar refractivity (Wildman–Crippen MR) is 210 cm³/mol. The number of cyclic esters (lactones) is 1. The van der Waals surface area contributed by atoms with Gasteiger partial charge in [-0.15, -0.1) is 0 Å². The second kappa shape index (κ2) is 22.7. The minimum absolute atomic E-state index is 0.0460. The first kappa shape index (κ1) is 49.6. The summed E-state index contributed by atoms with van der Waals surface area (Å²) in [6.45, 7) is 13.5. The van der Waals surface area contributed by atoms with Crippen LogP contribution in [0.3, 0.4) is 0 Å². The van der Waals surface area contributed by atoms with Gasteiger partial charge in [-0.25, -0.2) is 0 Å². The fraction of sp³-hybridized carbons (Fsp3) is 0.810. The number of carbonyl (C=O) groups is 4. The number of ether oxygens (including phenoxy) is 8. The van der Waals surface area contributed by atoms with Crippen molar-refractivity contribution in [2.24, 2.45) is 17.8 Å². The minimum atomic E-state index is -1.50. The van der Waals surface area contributed by atoms with Crippen LogP contribution in [0.15, 0.2) is 24.3 Å². The Labute approximate surface area is 343 Å². The van der Waals surface area contributed by atoms with E-state index < -0.39 is 121 Å². The highest BCUT2D eigenvalue weighted by atomic mass is 16.7. The Morgan fingerprint density at radius 3 is 2.29 bits per heavy atom. The maximum Gasteiger partial charge on any atom is 0.309 e. The first-order chi connectivity index (χ1) is 27.2. The highest BCUT2D eigenvalue weighted by Crippen LogP contribution is 2.38. The minimum Gasteiger partial charge on any atom is -0.462 e. The van der Waals surface area contributed by atoms with E-state index in [4.69, 9.17) is 37.9 Å². The highest BCUT2D eigenvalue weighted by Gasteiger charge is 2.53. The van der Waals surface area contributed by atoms with Crippen LogP contribution in [0.25, 0.3) is 0 Å². The van der Waals surface area contributed by atoms with Crippen molar-refractivity contribution in [3.8, 4) is 0 Å². The van der Waals surface area contributed by atoms with Gasteiger partial charge in [-0.3, -0.25) is 14.4 Å². The third-order valence-electron chi connectivity index (χ3n) is 10.9. The molecule has 0 aromatic heterocycles.